The second-order valence-electron chi connectivity index (χ2n) is 4.35. The fraction of sp³-hybridized carbons (Fsp3) is 0.385. The first-order valence-electron chi connectivity index (χ1n) is 5.87. The van der Waals surface area contributed by atoms with Crippen molar-refractivity contribution in [1.82, 2.24) is 10.6 Å². The van der Waals surface area contributed by atoms with Crippen molar-refractivity contribution >= 4 is 5.91 Å². The molecule has 0 aliphatic carbocycles. The van der Waals surface area contributed by atoms with Crippen LogP contribution in [0.3, 0.4) is 0 Å². The van der Waals surface area contributed by atoms with Crippen LogP contribution in [0.4, 0.5) is 4.39 Å². The van der Waals surface area contributed by atoms with E-state index in [-0.39, 0.29) is 17.8 Å². The first kappa shape index (κ1) is 12.5. The molecule has 0 bridgehead atoms. The van der Waals surface area contributed by atoms with Crippen LogP contribution in [0.15, 0.2) is 18.2 Å². The average molecular weight is 247 g/mol. The highest BCUT2D eigenvalue weighted by Crippen LogP contribution is 2.10. The van der Waals surface area contributed by atoms with Crippen molar-refractivity contribution in [2.45, 2.75) is 25.4 Å². The number of carbonyl (C=O) groups is 1. The van der Waals surface area contributed by atoms with Crippen molar-refractivity contribution in [2.75, 3.05) is 6.54 Å². The van der Waals surface area contributed by atoms with E-state index >= 15 is 0 Å². The van der Waals surface area contributed by atoms with Gasteiger partial charge in [0.2, 0.25) is 5.91 Å². The highest BCUT2D eigenvalue weighted by molar-refractivity contribution is 5.78. The number of nitriles is 1. The van der Waals surface area contributed by atoms with Crippen LogP contribution in [0.5, 0.6) is 0 Å². The molecule has 1 saturated heterocycles. The van der Waals surface area contributed by atoms with Gasteiger partial charge in [0.15, 0.2) is 0 Å². The Balaban J connectivity index is 1.86. The Morgan fingerprint density at radius 3 is 3.06 bits per heavy atom. The molecule has 94 valence electrons. The Bertz CT molecular complexity index is 495. The molecule has 0 aromatic heterocycles. The number of halogens is 1. The Labute approximate surface area is 105 Å². The first-order chi connectivity index (χ1) is 8.69. The molecule has 2 N–H and O–H groups in total. The molecule has 1 amide bonds. The molecule has 1 aliphatic rings. The standard InChI is InChI=1S/C13H14FN3O/c14-12-3-1-9(6-15)5-10(12)7-16-8-11-2-4-13(18)17-11/h1,3,5,11,16H,2,4,7-8H2,(H,17,18). The molecule has 1 atom stereocenters. The lowest BCUT2D eigenvalue weighted by molar-refractivity contribution is -0.119. The van der Waals surface area contributed by atoms with Gasteiger partial charge in [-0.15, -0.1) is 0 Å². The van der Waals surface area contributed by atoms with Gasteiger partial charge in [-0.3, -0.25) is 4.79 Å². The van der Waals surface area contributed by atoms with Crippen molar-refractivity contribution in [3.63, 3.8) is 0 Å². The van der Waals surface area contributed by atoms with Crippen molar-refractivity contribution in [3.05, 3.63) is 35.1 Å². The van der Waals surface area contributed by atoms with Gasteiger partial charge in [-0.25, -0.2) is 4.39 Å². The largest absolute Gasteiger partial charge is 0.352 e. The minimum absolute atomic E-state index is 0.0689. The zero-order chi connectivity index (χ0) is 13.0. The van der Waals surface area contributed by atoms with E-state index in [0.29, 0.717) is 30.6 Å². The summed E-state index contributed by atoms with van der Waals surface area (Å²) in [6.07, 6.45) is 1.37. The zero-order valence-electron chi connectivity index (χ0n) is 9.87. The highest BCUT2D eigenvalue weighted by Gasteiger charge is 2.19. The molecule has 1 aromatic rings. The lowest BCUT2D eigenvalue weighted by Crippen LogP contribution is -2.35. The molecule has 1 fully saturated rings. The summed E-state index contributed by atoms with van der Waals surface area (Å²) in [6.45, 7) is 0.968. The molecule has 1 aliphatic heterocycles. The third kappa shape index (κ3) is 3.05. The maximum atomic E-state index is 13.4. The summed E-state index contributed by atoms with van der Waals surface area (Å²) in [7, 11) is 0. The second kappa shape index (κ2) is 5.61. The summed E-state index contributed by atoms with van der Waals surface area (Å²) in [6, 6.07) is 6.40. The predicted octanol–water partition coefficient (Wildman–Crippen LogP) is 1.07. The molecule has 0 spiro atoms. The molecule has 18 heavy (non-hydrogen) atoms. The van der Waals surface area contributed by atoms with Crippen LogP contribution in [0.25, 0.3) is 0 Å². The molecule has 0 saturated carbocycles. The number of hydrogen-bond acceptors (Lipinski definition) is 3. The molecule has 5 heteroatoms. The van der Waals surface area contributed by atoms with Gasteiger partial charge in [-0.2, -0.15) is 5.26 Å². The summed E-state index contributed by atoms with van der Waals surface area (Å²) < 4.78 is 13.4. The number of carbonyl (C=O) groups excluding carboxylic acids is 1. The lowest BCUT2D eigenvalue weighted by Gasteiger charge is -2.11. The number of benzene rings is 1. The van der Waals surface area contributed by atoms with Crippen molar-refractivity contribution in [2.24, 2.45) is 0 Å². The van der Waals surface area contributed by atoms with E-state index in [2.05, 4.69) is 10.6 Å². The Morgan fingerprint density at radius 2 is 2.39 bits per heavy atom. The van der Waals surface area contributed by atoms with Crippen LogP contribution in [-0.4, -0.2) is 18.5 Å². The summed E-state index contributed by atoms with van der Waals surface area (Å²) in [5, 5.41) is 14.7. The number of amides is 1. The van der Waals surface area contributed by atoms with Crippen molar-refractivity contribution in [3.8, 4) is 6.07 Å². The van der Waals surface area contributed by atoms with Gasteiger partial charge in [-0.1, -0.05) is 0 Å². The molecular formula is C13H14FN3O. The summed E-state index contributed by atoms with van der Waals surface area (Å²) in [5.74, 6) is -0.253. The van der Waals surface area contributed by atoms with E-state index in [1.807, 2.05) is 6.07 Å². The smallest absolute Gasteiger partial charge is 0.220 e. The molecule has 1 unspecified atom stereocenters. The fourth-order valence-corrected chi connectivity index (χ4v) is 1.99. The van der Waals surface area contributed by atoms with E-state index < -0.39 is 0 Å². The van der Waals surface area contributed by atoms with E-state index in [1.165, 1.54) is 18.2 Å². The van der Waals surface area contributed by atoms with Crippen molar-refractivity contribution < 1.29 is 9.18 Å². The monoisotopic (exact) mass is 247 g/mol. The molecule has 1 aromatic carbocycles. The minimum Gasteiger partial charge on any atom is -0.352 e. The Hall–Kier alpha value is -1.93. The maximum absolute atomic E-state index is 13.4. The third-order valence-corrected chi connectivity index (χ3v) is 2.97. The van der Waals surface area contributed by atoms with E-state index in [4.69, 9.17) is 5.26 Å². The molecule has 1 heterocycles. The number of nitrogens with one attached hydrogen (secondary N) is 2. The van der Waals surface area contributed by atoms with Crippen LogP contribution >= 0.6 is 0 Å². The SMILES string of the molecule is N#Cc1ccc(F)c(CNCC2CCC(=O)N2)c1. The van der Waals surface area contributed by atoms with Gasteiger partial charge in [-0.05, 0) is 24.6 Å². The van der Waals surface area contributed by atoms with Gasteiger partial charge in [0.25, 0.3) is 0 Å². The van der Waals surface area contributed by atoms with Crippen molar-refractivity contribution in [1.29, 1.82) is 5.26 Å². The fourth-order valence-electron chi connectivity index (χ4n) is 1.99. The maximum Gasteiger partial charge on any atom is 0.220 e. The van der Waals surface area contributed by atoms with E-state index in [1.54, 1.807) is 0 Å². The predicted molar refractivity (Wildman–Crippen MR) is 64.0 cm³/mol. The molecule has 2 rings (SSSR count). The minimum atomic E-state index is -0.322. The summed E-state index contributed by atoms with van der Waals surface area (Å²) in [5.41, 5.74) is 0.917. The average Bonchev–Trinajstić information content (AvgIpc) is 2.77. The normalized spacial score (nSPS) is 18.4. The molecular weight excluding hydrogens is 233 g/mol. The highest BCUT2D eigenvalue weighted by atomic mass is 19.1. The van der Waals surface area contributed by atoms with Gasteiger partial charge in [0.1, 0.15) is 5.82 Å². The van der Waals surface area contributed by atoms with Gasteiger partial charge in [0, 0.05) is 31.1 Å². The second-order valence-corrected chi connectivity index (χ2v) is 4.35. The molecule has 4 nitrogen and oxygen atoms in total. The lowest BCUT2D eigenvalue weighted by atomic mass is 10.1. The topological polar surface area (TPSA) is 64.9 Å². The molecule has 0 radical (unpaired) electrons. The first-order valence-corrected chi connectivity index (χ1v) is 5.87. The van der Waals surface area contributed by atoms with Crippen LogP contribution in [-0.2, 0) is 11.3 Å². The van der Waals surface area contributed by atoms with Gasteiger partial charge >= 0.3 is 0 Å². The van der Waals surface area contributed by atoms with Crippen LogP contribution < -0.4 is 10.6 Å². The number of rotatable bonds is 4. The van der Waals surface area contributed by atoms with Gasteiger partial charge < -0.3 is 10.6 Å². The Kier molecular flexibility index (Phi) is 3.90. The third-order valence-electron chi connectivity index (χ3n) is 2.97. The van der Waals surface area contributed by atoms with Gasteiger partial charge in [0.05, 0.1) is 11.6 Å². The van der Waals surface area contributed by atoms with Crippen LogP contribution in [0.1, 0.15) is 24.0 Å². The van der Waals surface area contributed by atoms with E-state index in [9.17, 15) is 9.18 Å². The quantitative estimate of drug-likeness (QED) is 0.836. The number of nitrogens with zero attached hydrogens (tertiary/aromatic N) is 1. The van der Waals surface area contributed by atoms with Crippen LogP contribution in [0, 0.1) is 17.1 Å². The Morgan fingerprint density at radius 1 is 1.56 bits per heavy atom. The number of hydrogen-bond donors (Lipinski definition) is 2. The van der Waals surface area contributed by atoms with Crippen LogP contribution in [0.2, 0.25) is 0 Å². The van der Waals surface area contributed by atoms with E-state index in [0.717, 1.165) is 6.42 Å². The zero-order valence-corrected chi connectivity index (χ0v) is 9.87. The summed E-state index contributed by atoms with van der Waals surface area (Å²) in [4.78, 5) is 11.0. The summed E-state index contributed by atoms with van der Waals surface area (Å²) >= 11 is 0.